The van der Waals surface area contributed by atoms with Crippen LogP contribution < -0.4 is 14.8 Å². The van der Waals surface area contributed by atoms with Gasteiger partial charge in [-0.2, -0.15) is 13.2 Å². The summed E-state index contributed by atoms with van der Waals surface area (Å²) in [6.45, 7) is 1.98. The SMILES string of the molecule is CCCN1C(=O)/C(=C/c2ccc(OCC(=O)Nc3ccccc3C(F)(F)F)c(OC)c2)SC1=S. The summed E-state index contributed by atoms with van der Waals surface area (Å²) in [6, 6.07) is 9.52. The molecule has 1 aliphatic heterocycles. The first kappa shape index (κ1) is 25.6. The molecule has 11 heteroatoms. The molecule has 3 rings (SSSR count). The number of hydrogen-bond donors (Lipinski definition) is 1. The van der Waals surface area contributed by atoms with Crippen molar-refractivity contribution in [3.63, 3.8) is 0 Å². The summed E-state index contributed by atoms with van der Waals surface area (Å²) in [6.07, 6.45) is -2.13. The summed E-state index contributed by atoms with van der Waals surface area (Å²) in [7, 11) is 1.41. The van der Waals surface area contributed by atoms with Crippen molar-refractivity contribution in [2.75, 3.05) is 25.6 Å². The van der Waals surface area contributed by atoms with Crippen molar-refractivity contribution in [2.24, 2.45) is 0 Å². The van der Waals surface area contributed by atoms with E-state index in [4.69, 9.17) is 21.7 Å². The number of nitrogens with one attached hydrogen (secondary N) is 1. The predicted molar refractivity (Wildman–Crippen MR) is 129 cm³/mol. The molecule has 1 fully saturated rings. The molecule has 2 aromatic carbocycles. The van der Waals surface area contributed by atoms with E-state index >= 15 is 0 Å². The van der Waals surface area contributed by atoms with Crippen LogP contribution in [0.2, 0.25) is 0 Å². The molecule has 2 aromatic rings. The van der Waals surface area contributed by atoms with Crippen LogP contribution in [0, 0.1) is 0 Å². The lowest BCUT2D eigenvalue weighted by Crippen LogP contribution is -2.28. The topological polar surface area (TPSA) is 67.9 Å². The highest BCUT2D eigenvalue weighted by atomic mass is 32.2. The van der Waals surface area contributed by atoms with Gasteiger partial charge in [0, 0.05) is 6.54 Å². The zero-order chi connectivity index (χ0) is 24.9. The number of methoxy groups -OCH3 is 1. The Balaban J connectivity index is 1.69. The highest BCUT2D eigenvalue weighted by Crippen LogP contribution is 2.36. The second-order valence-electron chi connectivity index (χ2n) is 7.12. The maximum absolute atomic E-state index is 13.1. The minimum atomic E-state index is -4.60. The van der Waals surface area contributed by atoms with Gasteiger partial charge in [0.05, 0.1) is 23.3 Å². The number of nitrogens with zero attached hydrogens (tertiary/aromatic N) is 1. The highest BCUT2D eigenvalue weighted by molar-refractivity contribution is 8.26. The molecular formula is C23H21F3N2O4S2. The molecule has 0 radical (unpaired) electrons. The number of ether oxygens (including phenoxy) is 2. The van der Waals surface area contributed by atoms with Gasteiger partial charge < -0.3 is 14.8 Å². The number of amides is 2. The smallest absolute Gasteiger partial charge is 0.418 e. The van der Waals surface area contributed by atoms with Crippen molar-refractivity contribution in [1.82, 2.24) is 4.90 Å². The fourth-order valence-electron chi connectivity index (χ4n) is 3.13. The zero-order valence-electron chi connectivity index (χ0n) is 18.3. The van der Waals surface area contributed by atoms with Crippen LogP contribution >= 0.6 is 24.0 Å². The first-order chi connectivity index (χ1) is 16.1. The van der Waals surface area contributed by atoms with Crippen LogP contribution in [0.25, 0.3) is 6.08 Å². The van der Waals surface area contributed by atoms with Gasteiger partial charge in [-0.05, 0) is 42.3 Å². The van der Waals surface area contributed by atoms with Crippen LogP contribution in [0.5, 0.6) is 11.5 Å². The molecular weight excluding hydrogens is 489 g/mol. The van der Waals surface area contributed by atoms with E-state index in [0.29, 0.717) is 27.1 Å². The van der Waals surface area contributed by atoms with Crippen molar-refractivity contribution in [3.8, 4) is 11.5 Å². The third-order valence-corrected chi connectivity index (χ3v) is 6.05. The fraction of sp³-hybridized carbons (Fsp3) is 0.261. The second kappa shape index (κ2) is 10.9. The molecule has 0 spiro atoms. The summed E-state index contributed by atoms with van der Waals surface area (Å²) in [5, 5.41) is 2.22. The quantitative estimate of drug-likeness (QED) is 0.382. The third-order valence-electron chi connectivity index (χ3n) is 4.67. The standard InChI is InChI=1S/C23H21F3N2O4S2/c1-3-10-28-21(30)19(34-22(28)33)12-14-8-9-17(18(11-14)31-2)32-13-20(29)27-16-7-5-4-6-15(16)23(24,25)26/h4-9,11-12H,3,10,13H2,1-2H3,(H,27,29)/b19-12-. The number of para-hydroxylation sites is 1. The second-order valence-corrected chi connectivity index (χ2v) is 8.80. The average molecular weight is 511 g/mol. The Kier molecular flexibility index (Phi) is 8.21. The van der Waals surface area contributed by atoms with Crippen LogP contribution in [0.1, 0.15) is 24.5 Å². The van der Waals surface area contributed by atoms with Crippen molar-refractivity contribution < 1.29 is 32.2 Å². The van der Waals surface area contributed by atoms with Crippen molar-refractivity contribution >= 4 is 51.9 Å². The van der Waals surface area contributed by atoms with Gasteiger partial charge in [-0.3, -0.25) is 14.5 Å². The van der Waals surface area contributed by atoms with E-state index in [2.05, 4.69) is 5.32 Å². The van der Waals surface area contributed by atoms with E-state index in [1.165, 1.54) is 37.1 Å². The molecule has 1 N–H and O–H groups in total. The van der Waals surface area contributed by atoms with Gasteiger partial charge in [-0.25, -0.2) is 0 Å². The monoisotopic (exact) mass is 510 g/mol. The molecule has 0 saturated carbocycles. The minimum absolute atomic E-state index is 0.160. The molecule has 0 bridgehead atoms. The summed E-state index contributed by atoms with van der Waals surface area (Å²) in [4.78, 5) is 26.8. The highest BCUT2D eigenvalue weighted by Gasteiger charge is 2.33. The summed E-state index contributed by atoms with van der Waals surface area (Å²) in [5.41, 5.74) is -0.648. The fourth-order valence-corrected chi connectivity index (χ4v) is 4.44. The number of thiocarbonyl (C=S) groups is 1. The summed E-state index contributed by atoms with van der Waals surface area (Å²) >= 11 is 6.48. The lowest BCUT2D eigenvalue weighted by atomic mass is 10.1. The van der Waals surface area contributed by atoms with Crippen LogP contribution in [0.3, 0.4) is 0 Å². The lowest BCUT2D eigenvalue weighted by Gasteiger charge is -2.14. The Labute approximate surface area is 204 Å². The number of anilines is 1. The first-order valence-corrected chi connectivity index (χ1v) is 11.4. The summed E-state index contributed by atoms with van der Waals surface area (Å²) in [5.74, 6) is -0.409. The first-order valence-electron chi connectivity index (χ1n) is 10.2. The molecule has 0 unspecified atom stereocenters. The molecule has 0 aliphatic carbocycles. The van der Waals surface area contributed by atoms with Gasteiger partial charge in [-0.1, -0.05) is 49.1 Å². The van der Waals surface area contributed by atoms with Crippen LogP contribution in [-0.4, -0.2) is 41.3 Å². The minimum Gasteiger partial charge on any atom is -0.493 e. The van der Waals surface area contributed by atoms with E-state index in [9.17, 15) is 22.8 Å². The third kappa shape index (κ3) is 6.09. The molecule has 1 heterocycles. The molecule has 6 nitrogen and oxygen atoms in total. The molecule has 34 heavy (non-hydrogen) atoms. The van der Waals surface area contributed by atoms with E-state index in [0.717, 1.165) is 12.5 Å². The number of carbonyl (C=O) groups excluding carboxylic acids is 2. The van der Waals surface area contributed by atoms with E-state index < -0.39 is 24.3 Å². The number of rotatable bonds is 8. The van der Waals surface area contributed by atoms with Crippen molar-refractivity contribution in [2.45, 2.75) is 19.5 Å². The van der Waals surface area contributed by atoms with E-state index in [1.54, 1.807) is 29.2 Å². The zero-order valence-corrected chi connectivity index (χ0v) is 19.9. The lowest BCUT2D eigenvalue weighted by molar-refractivity contribution is -0.137. The van der Waals surface area contributed by atoms with Gasteiger partial charge in [0.15, 0.2) is 18.1 Å². The largest absolute Gasteiger partial charge is 0.493 e. The Morgan fingerprint density at radius 2 is 1.94 bits per heavy atom. The average Bonchev–Trinajstić information content (AvgIpc) is 3.05. The van der Waals surface area contributed by atoms with Crippen molar-refractivity contribution in [3.05, 3.63) is 58.5 Å². The Morgan fingerprint density at radius 3 is 2.62 bits per heavy atom. The van der Waals surface area contributed by atoms with Gasteiger partial charge >= 0.3 is 6.18 Å². The number of thioether (sulfide) groups is 1. The number of hydrogen-bond acceptors (Lipinski definition) is 6. The summed E-state index contributed by atoms with van der Waals surface area (Å²) < 4.78 is 50.6. The van der Waals surface area contributed by atoms with Crippen LogP contribution in [0.15, 0.2) is 47.4 Å². The van der Waals surface area contributed by atoms with Crippen molar-refractivity contribution in [1.29, 1.82) is 0 Å². The Hall–Kier alpha value is -3.05. The number of alkyl halides is 3. The van der Waals surface area contributed by atoms with Gasteiger partial charge in [0.1, 0.15) is 4.32 Å². The Morgan fingerprint density at radius 1 is 1.21 bits per heavy atom. The molecule has 180 valence electrons. The van der Waals surface area contributed by atoms with E-state index in [1.807, 2.05) is 6.92 Å². The molecule has 0 atom stereocenters. The van der Waals surface area contributed by atoms with Crippen LogP contribution in [-0.2, 0) is 15.8 Å². The normalized spacial score (nSPS) is 15.1. The van der Waals surface area contributed by atoms with Gasteiger partial charge in [-0.15, -0.1) is 0 Å². The molecule has 0 aromatic heterocycles. The number of benzene rings is 2. The Bertz CT molecular complexity index is 1140. The molecule has 2 amide bonds. The van der Waals surface area contributed by atoms with Gasteiger partial charge in [0.2, 0.25) is 0 Å². The predicted octanol–water partition coefficient (Wildman–Crippen LogP) is 5.34. The number of halogens is 3. The number of carbonyl (C=O) groups is 2. The molecule has 1 aliphatic rings. The van der Waals surface area contributed by atoms with E-state index in [-0.39, 0.29) is 17.3 Å². The van der Waals surface area contributed by atoms with Gasteiger partial charge in [0.25, 0.3) is 11.8 Å². The molecule has 1 saturated heterocycles. The maximum Gasteiger partial charge on any atom is 0.418 e. The van der Waals surface area contributed by atoms with Crippen LogP contribution in [0.4, 0.5) is 18.9 Å². The maximum atomic E-state index is 13.1.